The zero-order valence-corrected chi connectivity index (χ0v) is 12.2. The van der Waals surface area contributed by atoms with Gasteiger partial charge in [-0.1, -0.05) is 68.0 Å². The molecule has 0 aliphatic rings. The third-order valence-electron chi connectivity index (χ3n) is 1.99. The highest BCUT2D eigenvalue weighted by Gasteiger charge is 2.30. The first kappa shape index (κ1) is 13.1. The number of nitrogens with zero attached hydrogens (tertiary/aromatic N) is 2. The first-order chi connectivity index (χ1) is 7.95. The minimum Gasteiger partial charge on any atom is -0.335 e. The van der Waals surface area contributed by atoms with E-state index < -0.39 is 3.79 Å². The lowest BCUT2D eigenvalue weighted by atomic mass is 10.1. The molecule has 0 saturated heterocycles. The predicted octanol–water partition coefficient (Wildman–Crippen LogP) is 4.25. The Kier molecular flexibility index (Phi) is 3.98. The summed E-state index contributed by atoms with van der Waals surface area (Å²) >= 11 is 20.2. The highest BCUT2D eigenvalue weighted by atomic mass is 79.9. The molecule has 1 aromatic heterocycles. The van der Waals surface area contributed by atoms with Crippen LogP contribution in [0.4, 0.5) is 0 Å². The van der Waals surface area contributed by atoms with E-state index >= 15 is 0 Å². The third kappa shape index (κ3) is 3.58. The van der Waals surface area contributed by atoms with E-state index in [1.54, 1.807) is 0 Å². The largest absolute Gasteiger partial charge is 0.335 e. The molecule has 0 aliphatic carbocycles. The van der Waals surface area contributed by atoms with Crippen molar-refractivity contribution in [3.63, 3.8) is 0 Å². The van der Waals surface area contributed by atoms with Crippen LogP contribution in [0.2, 0.25) is 0 Å². The number of benzene rings is 1. The Hall–Kier alpha value is -0.290. The molecule has 0 atom stereocenters. The van der Waals surface area contributed by atoms with Crippen LogP contribution in [0, 0.1) is 0 Å². The Morgan fingerprint density at radius 2 is 1.82 bits per heavy atom. The van der Waals surface area contributed by atoms with Crippen LogP contribution < -0.4 is 0 Å². The second kappa shape index (κ2) is 5.14. The molecule has 0 radical (unpaired) electrons. The minimum atomic E-state index is -1.68. The fraction of sp³-hybridized carbons (Fsp3) is 0.200. The van der Waals surface area contributed by atoms with Gasteiger partial charge in [0.05, 0.1) is 0 Å². The Bertz CT molecular complexity index is 507. The Morgan fingerprint density at radius 1 is 1.18 bits per heavy atom. The maximum atomic E-state index is 5.62. The SMILES string of the molecule is ClC(Cl)(Cl)c1nc(Cc2ccc(Br)cc2)no1. The van der Waals surface area contributed by atoms with Crippen molar-refractivity contribution >= 4 is 50.7 Å². The number of aromatic nitrogens is 2. The fourth-order valence-corrected chi connectivity index (χ4v) is 1.72. The van der Waals surface area contributed by atoms with Crippen molar-refractivity contribution in [1.29, 1.82) is 0 Å². The molecular weight excluding hydrogens is 350 g/mol. The fourth-order valence-electron chi connectivity index (χ4n) is 1.23. The van der Waals surface area contributed by atoms with Crippen LogP contribution in [0.5, 0.6) is 0 Å². The van der Waals surface area contributed by atoms with Gasteiger partial charge in [0.1, 0.15) is 0 Å². The van der Waals surface area contributed by atoms with Crippen LogP contribution in [0.15, 0.2) is 33.3 Å². The molecule has 1 aromatic carbocycles. The lowest BCUT2D eigenvalue weighted by molar-refractivity contribution is 0.377. The van der Waals surface area contributed by atoms with Crippen molar-refractivity contribution in [3.05, 3.63) is 46.0 Å². The van der Waals surface area contributed by atoms with Crippen LogP contribution >= 0.6 is 50.7 Å². The second-order valence-corrected chi connectivity index (χ2v) is 6.51. The summed E-state index contributed by atoms with van der Waals surface area (Å²) in [6.07, 6.45) is 0.525. The zero-order valence-electron chi connectivity index (χ0n) is 8.33. The van der Waals surface area contributed by atoms with E-state index in [4.69, 9.17) is 39.3 Å². The zero-order chi connectivity index (χ0) is 12.5. The number of hydrogen-bond donors (Lipinski definition) is 0. The molecule has 0 N–H and O–H groups in total. The van der Waals surface area contributed by atoms with E-state index in [-0.39, 0.29) is 5.89 Å². The van der Waals surface area contributed by atoms with Crippen molar-refractivity contribution in [3.8, 4) is 0 Å². The van der Waals surface area contributed by atoms with Gasteiger partial charge < -0.3 is 4.52 Å². The van der Waals surface area contributed by atoms with E-state index in [0.717, 1.165) is 10.0 Å². The third-order valence-corrected chi connectivity index (χ3v) is 3.00. The van der Waals surface area contributed by atoms with Gasteiger partial charge in [0.2, 0.25) is 0 Å². The van der Waals surface area contributed by atoms with Crippen LogP contribution in [0.3, 0.4) is 0 Å². The number of hydrogen-bond acceptors (Lipinski definition) is 3. The second-order valence-electron chi connectivity index (χ2n) is 3.32. The first-order valence-electron chi connectivity index (χ1n) is 4.59. The number of alkyl halides is 3. The predicted molar refractivity (Wildman–Crippen MR) is 70.5 cm³/mol. The molecule has 0 bridgehead atoms. The number of halogens is 4. The van der Waals surface area contributed by atoms with Gasteiger partial charge in [-0.3, -0.25) is 0 Å². The molecule has 0 saturated carbocycles. The standard InChI is InChI=1S/C10H6BrCl3N2O/c11-7-3-1-6(2-4-7)5-8-15-9(17-16-8)10(12,13)14/h1-4H,5H2. The average Bonchev–Trinajstić information content (AvgIpc) is 2.69. The van der Waals surface area contributed by atoms with E-state index in [1.807, 2.05) is 24.3 Å². The summed E-state index contributed by atoms with van der Waals surface area (Å²) < 4.78 is 4.19. The quantitative estimate of drug-likeness (QED) is 0.755. The highest BCUT2D eigenvalue weighted by Crippen LogP contribution is 2.36. The van der Waals surface area contributed by atoms with Gasteiger partial charge in [0.15, 0.2) is 5.82 Å². The smallest absolute Gasteiger partial charge is 0.278 e. The van der Waals surface area contributed by atoms with Crippen molar-refractivity contribution < 1.29 is 4.52 Å². The summed E-state index contributed by atoms with van der Waals surface area (Å²) in [4.78, 5) is 4.01. The van der Waals surface area contributed by atoms with Crippen molar-refractivity contribution in [2.24, 2.45) is 0 Å². The van der Waals surface area contributed by atoms with Crippen molar-refractivity contribution in [2.45, 2.75) is 10.2 Å². The van der Waals surface area contributed by atoms with Crippen LogP contribution in [0.25, 0.3) is 0 Å². The monoisotopic (exact) mass is 354 g/mol. The van der Waals surface area contributed by atoms with Gasteiger partial charge in [0.25, 0.3) is 9.68 Å². The summed E-state index contributed by atoms with van der Waals surface area (Å²) in [7, 11) is 0. The van der Waals surface area contributed by atoms with Crippen molar-refractivity contribution in [2.75, 3.05) is 0 Å². The van der Waals surface area contributed by atoms with E-state index in [2.05, 4.69) is 26.1 Å². The normalized spacial score (nSPS) is 11.8. The molecule has 3 nitrogen and oxygen atoms in total. The van der Waals surface area contributed by atoms with Gasteiger partial charge in [-0.2, -0.15) is 4.98 Å². The van der Waals surface area contributed by atoms with Crippen LogP contribution in [0.1, 0.15) is 17.3 Å². The Balaban J connectivity index is 2.14. The molecule has 1 heterocycles. The molecule has 0 spiro atoms. The van der Waals surface area contributed by atoms with Crippen LogP contribution in [-0.4, -0.2) is 10.1 Å². The summed E-state index contributed by atoms with van der Waals surface area (Å²) in [5.74, 6) is 0.461. The first-order valence-corrected chi connectivity index (χ1v) is 6.52. The molecule has 2 rings (SSSR count). The molecule has 0 fully saturated rings. The molecule has 0 amide bonds. The highest BCUT2D eigenvalue weighted by molar-refractivity contribution is 9.10. The molecular formula is C10H6BrCl3N2O. The molecule has 7 heteroatoms. The van der Waals surface area contributed by atoms with Gasteiger partial charge >= 0.3 is 0 Å². The molecule has 0 aliphatic heterocycles. The van der Waals surface area contributed by atoms with Gasteiger partial charge in [-0.25, -0.2) is 0 Å². The minimum absolute atomic E-state index is 0.0189. The summed E-state index contributed by atoms with van der Waals surface area (Å²) in [6, 6.07) is 7.78. The van der Waals surface area contributed by atoms with Gasteiger partial charge in [-0.05, 0) is 17.7 Å². The molecule has 2 aromatic rings. The summed E-state index contributed by atoms with van der Waals surface area (Å²) in [5.41, 5.74) is 1.05. The Morgan fingerprint density at radius 3 is 2.35 bits per heavy atom. The Labute approximate surface area is 121 Å². The maximum absolute atomic E-state index is 5.62. The van der Waals surface area contributed by atoms with E-state index in [1.165, 1.54) is 0 Å². The van der Waals surface area contributed by atoms with E-state index in [9.17, 15) is 0 Å². The van der Waals surface area contributed by atoms with Gasteiger partial charge in [-0.15, -0.1) is 0 Å². The average molecular weight is 356 g/mol. The van der Waals surface area contributed by atoms with E-state index in [0.29, 0.717) is 12.2 Å². The molecule has 90 valence electrons. The topological polar surface area (TPSA) is 38.9 Å². The summed E-state index contributed by atoms with van der Waals surface area (Å²) in [5, 5.41) is 3.75. The molecule has 17 heavy (non-hydrogen) atoms. The molecule has 0 unspecified atom stereocenters. The van der Waals surface area contributed by atoms with Crippen molar-refractivity contribution in [1.82, 2.24) is 10.1 Å². The number of rotatable bonds is 2. The van der Waals surface area contributed by atoms with Gasteiger partial charge in [0, 0.05) is 10.9 Å². The lowest BCUT2D eigenvalue weighted by Gasteiger charge is -2.01. The van der Waals surface area contributed by atoms with Crippen LogP contribution in [-0.2, 0) is 10.2 Å². The summed E-state index contributed by atoms with van der Waals surface area (Å²) in [6.45, 7) is 0. The lowest BCUT2D eigenvalue weighted by Crippen LogP contribution is -2.00. The maximum Gasteiger partial charge on any atom is 0.278 e.